The first-order valence-electron chi connectivity index (χ1n) is 13.7. The van der Waals surface area contributed by atoms with Gasteiger partial charge in [-0.3, -0.25) is 4.79 Å². The fourth-order valence-corrected chi connectivity index (χ4v) is 4.99. The van der Waals surface area contributed by atoms with E-state index in [1.54, 1.807) is 31.1 Å². The second-order valence-electron chi connectivity index (χ2n) is 9.52. The number of hydrogen-bond donors (Lipinski definition) is 1. The molecule has 2 heterocycles. The van der Waals surface area contributed by atoms with E-state index in [1.165, 1.54) is 7.11 Å². The van der Waals surface area contributed by atoms with Gasteiger partial charge >= 0.3 is 5.97 Å². The average molecular weight is 635 g/mol. The number of para-hydroxylation sites is 1. The highest BCUT2D eigenvalue weighted by Crippen LogP contribution is 2.30. The molecule has 2 aromatic carbocycles. The molecule has 13 heteroatoms. The normalized spacial score (nSPS) is 10.9. The maximum atomic E-state index is 12.9. The number of carbonyl (C=O) groups excluding carboxylic acids is 2. The number of aromatic nitrogens is 3. The lowest BCUT2D eigenvalue weighted by atomic mass is 10.1. The number of benzene rings is 2. The number of rotatable bonds is 15. The van der Waals surface area contributed by atoms with Crippen molar-refractivity contribution < 1.29 is 28.5 Å². The lowest BCUT2D eigenvalue weighted by molar-refractivity contribution is -0.145. The molecular formula is C30H37Cl2N5O6. The van der Waals surface area contributed by atoms with Crippen LogP contribution in [0.1, 0.15) is 24.7 Å². The van der Waals surface area contributed by atoms with Crippen LogP contribution in [-0.2, 0) is 38.6 Å². The number of nitrogens with two attached hydrogens (primary N) is 1. The van der Waals surface area contributed by atoms with Crippen LogP contribution in [0, 0.1) is 0 Å². The minimum atomic E-state index is -0.480. The number of amides is 1. The van der Waals surface area contributed by atoms with Gasteiger partial charge in [0, 0.05) is 38.6 Å². The zero-order valence-corrected chi connectivity index (χ0v) is 26.1. The number of hydrogen-bond acceptors (Lipinski definition) is 9. The minimum Gasteiger partial charge on any atom is -0.493 e. The van der Waals surface area contributed by atoms with E-state index in [-0.39, 0.29) is 37.4 Å². The number of pyridine rings is 1. The molecule has 4 rings (SSSR count). The SMILES string of the molecule is CCOC(=O)COc1cc(CN(CCCn2c(CCOC)nc3c(N)nc4ccccc4c32)C(=O)CCl)ccc1OC.Cl. The summed E-state index contributed by atoms with van der Waals surface area (Å²) >= 11 is 5.99. The Labute approximate surface area is 261 Å². The molecule has 2 N–H and O–H groups in total. The summed E-state index contributed by atoms with van der Waals surface area (Å²) in [4.78, 5) is 35.7. The van der Waals surface area contributed by atoms with Crippen molar-refractivity contribution in [1.82, 2.24) is 19.4 Å². The van der Waals surface area contributed by atoms with Gasteiger partial charge in [0.2, 0.25) is 5.91 Å². The maximum absolute atomic E-state index is 12.9. The molecule has 2 aromatic heterocycles. The summed E-state index contributed by atoms with van der Waals surface area (Å²) in [6, 6.07) is 13.2. The van der Waals surface area contributed by atoms with Crippen LogP contribution in [-0.4, -0.2) is 77.8 Å². The van der Waals surface area contributed by atoms with E-state index in [4.69, 9.17) is 41.3 Å². The van der Waals surface area contributed by atoms with Gasteiger partial charge in [0.25, 0.3) is 0 Å². The molecule has 43 heavy (non-hydrogen) atoms. The van der Waals surface area contributed by atoms with Gasteiger partial charge in [-0.05, 0) is 37.1 Å². The van der Waals surface area contributed by atoms with Crippen LogP contribution < -0.4 is 15.2 Å². The monoisotopic (exact) mass is 633 g/mol. The summed E-state index contributed by atoms with van der Waals surface area (Å²) in [6.45, 7) is 3.57. The van der Waals surface area contributed by atoms with Crippen molar-refractivity contribution in [2.75, 3.05) is 52.2 Å². The Morgan fingerprint density at radius 3 is 2.60 bits per heavy atom. The second kappa shape index (κ2) is 16.2. The zero-order valence-electron chi connectivity index (χ0n) is 24.5. The van der Waals surface area contributed by atoms with Gasteiger partial charge in [0.15, 0.2) is 23.9 Å². The highest BCUT2D eigenvalue weighted by molar-refractivity contribution is 6.27. The summed E-state index contributed by atoms with van der Waals surface area (Å²) in [6.07, 6.45) is 1.23. The van der Waals surface area contributed by atoms with Gasteiger partial charge in [-0.25, -0.2) is 14.8 Å². The highest BCUT2D eigenvalue weighted by atomic mass is 35.5. The summed E-state index contributed by atoms with van der Waals surface area (Å²) in [5.41, 5.74) is 9.47. The second-order valence-corrected chi connectivity index (χ2v) is 9.78. The van der Waals surface area contributed by atoms with Crippen molar-refractivity contribution in [3.63, 3.8) is 0 Å². The summed E-state index contributed by atoms with van der Waals surface area (Å²) in [5.74, 6) is 1.23. The van der Waals surface area contributed by atoms with Gasteiger partial charge in [-0.2, -0.15) is 0 Å². The molecular weight excluding hydrogens is 597 g/mol. The third kappa shape index (κ3) is 8.19. The van der Waals surface area contributed by atoms with E-state index >= 15 is 0 Å². The van der Waals surface area contributed by atoms with Gasteiger partial charge < -0.3 is 34.1 Å². The molecule has 1 amide bonds. The third-order valence-electron chi connectivity index (χ3n) is 6.75. The number of esters is 1. The number of fused-ring (bicyclic) bond motifs is 3. The Kier molecular flexibility index (Phi) is 12.7. The van der Waals surface area contributed by atoms with Crippen LogP contribution in [0.3, 0.4) is 0 Å². The van der Waals surface area contributed by atoms with Crippen molar-refractivity contribution in [1.29, 1.82) is 0 Å². The summed E-state index contributed by atoms with van der Waals surface area (Å²) in [5, 5.41) is 0.958. The van der Waals surface area contributed by atoms with Crippen molar-refractivity contribution >= 4 is 63.6 Å². The molecule has 0 spiro atoms. The molecule has 232 valence electrons. The number of carbonyl (C=O) groups is 2. The quantitative estimate of drug-likeness (QED) is 0.150. The Hall–Kier alpha value is -3.80. The van der Waals surface area contributed by atoms with Crippen LogP contribution in [0.2, 0.25) is 0 Å². The van der Waals surface area contributed by atoms with Crippen LogP contribution in [0.5, 0.6) is 11.5 Å². The predicted molar refractivity (Wildman–Crippen MR) is 168 cm³/mol. The van der Waals surface area contributed by atoms with Gasteiger partial charge in [-0.15, -0.1) is 24.0 Å². The number of nitrogens with zero attached hydrogens (tertiary/aromatic N) is 4. The molecule has 11 nitrogen and oxygen atoms in total. The first kappa shape index (κ1) is 33.7. The number of halogens is 2. The van der Waals surface area contributed by atoms with Crippen LogP contribution in [0.4, 0.5) is 5.82 Å². The zero-order chi connectivity index (χ0) is 30.1. The lowest BCUT2D eigenvalue weighted by Crippen LogP contribution is -2.33. The van der Waals surface area contributed by atoms with E-state index in [0.717, 1.165) is 27.8 Å². The molecule has 0 unspecified atom stereocenters. The predicted octanol–water partition coefficient (Wildman–Crippen LogP) is 4.39. The molecule has 0 aliphatic rings. The fourth-order valence-electron chi connectivity index (χ4n) is 4.82. The number of anilines is 1. The van der Waals surface area contributed by atoms with Gasteiger partial charge in [0.1, 0.15) is 17.2 Å². The standard InChI is InChI=1S/C30H36ClN5O6.ClH/c1-4-41-27(38)19-42-24-16-20(10-11-23(24)40-3)18-35(26(37)17-31)13-7-14-36-25(12-15-39-2)34-28-29(36)21-8-5-6-9-22(21)33-30(28)32;/h5-6,8-11,16H,4,7,12-15,17-19H2,1-3H3,(H2,32,33);1H. The third-order valence-corrected chi connectivity index (χ3v) is 6.98. The molecule has 0 aliphatic heterocycles. The Bertz CT molecular complexity index is 1550. The Balaban J connectivity index is 0.00000506. The number of ether oxygens (including phenoxy) is 4. The molecule has 4 aromatic rings. The van der Waals surface area contributed by atoms with Crippen molar-refractivity contribution in [2.45, 2.75) is 32.9 Å². The number of alkyl halides is 1. The topological polar surface area (TPSA) is 131 Å². The van der Waals surface area contributed by atoms with E-state index < -0.39 is 5.97 Å². The number of nitrogen functional groups attached to an aromatic ring is 1. The van der Waals surface area contributed by atoms with E-state index in [2.05, 4.69) is 9.55 Å². The molecule has 0 saturated heterocycles. The highest BCUT2D eigenvalue weighted by Gasteiger charge is 2.19. The molecule has 0 fully saturated rings. The summed E-state index contributed by atoms with van der Waals surface area (Å²) < 4.78 is 23.4. The van der Waals surface area contributed by atoms with E-state index in [9.17, 15) is 9.59 Å². The molecule has 0 aliphatic carbocycles. The minimum absolute atomic E-state index is 0. The van der Waals surface area contributed by atoms with E-state index in [0.29, 0.717) is 61.9 Å². The average Bonchev–Trinajstić information content (AvgIpc) is 3.37. The van der Waals surface area contributed by atoms with Crippen LogP contribution in [0.15, 0.2) is 42.5 Å². The Morgan fingerprint density at radius 2 is 1.88 bits per heavy atom. The molecule has 0 radical (unpaired) electrons. The smallest absolute Gasteiger partial charge is 0.344 e. The lowest BCUT2D eigenvalue weighted by Gasteiger charge is -2.23. The number of imidazole rings is 1. The van der Waals surface area contributed by atoms with E-state index in [1.807, 2.05) is 30.3 Å². The van der Waals surface area contributed by atoms with Crippen molar-refractivity contribution in [2.24, 2.45) is 0 Å². The van der Waals surface area contributed by atoms with Crippen LogP contribution in [0.25, 0.3) is 21.9 Å². The molecule has 0 saturated carbocycles. The maximum Gasteiger partial charge on any atom is 0.344 e. The van der Waals surface area contributed by atoms with Crippen molar-refractivity contribution in [3.8, 4) is 11.5 Å². The first-order valence-corrected chi connectivity index (χ1v) is 14.2. The van der Waals surface area contributed by atoms with Crippen LogP contribution >= 0.6 is 24.0 Å². The van der Waals surface area contributed by atoms with Gasteiger partial charge in [-0.1, -0.05) is 24.3 Å². The fraction of sp³-hybridized carbons (Fsp3) is 0.400. The largest absolute Gasteiger partial charge is 0.493 e. The van der Waals surface area contributed by atoms with Gasteiger partial charge in [0.05, 0.1) is 31.4 Å². The van der Waals surface area contributed by atoms with Crippen molar-refractivity contribution in [3.05, 3.63) is 53.9 Å². The Morgan fingerprint density at radius 1 is 1.09 bits per heavy atom. The number of aryl methyl sites for hydroxylation is 1. The first-order chi connectivity index (χ1) is 20.4. The number of methoxy groups -OCH3 is 2. The summed E-state index contributed by atoms with van der Waals surface area (Å²) in [7, 11) is 3.17. The molecule has 0 bridgehead atoms. The molecule has 0 atom stereocenters.